The van der Waals surface area contributed by atoms with Gasteiger partial charge in [0.15, 0.2) is 0 Å². The van der Waals surface area contributed by atoms with Gasteiger partial charge in [-0.2, -0.15) is 0 Å². The molecule has 0 aromatic rings. The van der Waals surface area contributed by atoms with Crippen LogP contribution in [-0.2, 0) is 9.59 Å². The fraction of sp³-hybridized carbons (Fsp3) is 0.667. The highest BCUT2D eigenvalue weighted by molar-refractivity contribution is 8.02. The van der Waals surface area contributed by atoms with Crippen LogP contribution >= 0.6 is 11.8 Å². The van der Waals surface area contributed by atoms with E-state index >= 15 is 0 Å². The van der Waals surface area contributed by atoms with Crippen molar-refractivity contribution in [1.29, 1.82) is 0 Å². The number of carbonyl (C=O) groups is 2. The van der Waals surface area contributed by atoms with Crippen LogP contribution in [0.2, 0.25) is 0 Å². The van der Waals surface area contributed by atoms with Crippen LogP contribution < -0.4 is 5.32 Å². The van der Waals surface area contributed by atoms with Crippen LogP contribution in [0.15, 0.2) is 0 Å². The van der Waals surface area contributed by atoms with Crippen molar-refractivity contribution in [2.75, 3.05) is 5.75 Å². The van der Waals surface area contributed by atoms with Crippen LogP contribution in [-0.4, -0.2) is 34.0 Å². The van der Waals surface area contributed by atoms with Gasteiger partial charge in [-0.1, -0.05) is 0 Å². The number of hydrogen-bond acceptors (Lipinski definition) is 5. The number of Topliss-reactive ketones (excluding diaryl/α,β-unsaturated/α-hetero) is 2. The average Bonchev–Trinajstić information content (AvgIpc) is 2.18. The summed E-state index contributed by atoms with van der Waals surface area (Å²) in [6, 6.07) is 0. The van der Waals surface area contributed by atoms with Gasteiger partial charge >= 0.3 is 0 Å². The predicted molar refractivity (Wildman–Crippen MR) is 41.1 cm³/mol. The van der Waals surface area contributed by atoms with Gasteiger partial charge in [0.2, 0.25) is 11.6 Å². The first kappa shape index (κ1) is 8.70. The van der Waals surface area contributed by atoms with Gasteiger partial charge in [-0.3, -0.25) is 14.9 Å². The smallest absolute Gasteiger partial charge is 0.226 e. The Labute approximate surface area is 68.3 Å². The molecule has 5 heteroatoms. The Hall–Kier alpha value is -0.390. The Morgan fingerprint density at radius 3 is 2.73 bits per heavy atom. The molecule has 1 heterocycles. The van der Waals surface area contributed by atoms with Crippen molar-refractivity contribution >= 4 is 23.3 Å². The fourth-order valence-corrected chi connectivity index (χ4v) is 1.83. The van der Waals surface area contributed by atoms with Crippen molar-refractivity contribution in [3.05, 3.63) is 0 Å². The molecule has 0 aromatic heterocycles. The molecule has 2 N–H and O–H groups in total. The lowest BCUT2D eigenvalue weighted by Gasteiger charge is -2.10. The first-order chi connectivity index (χ1) is 5.11. The highest BCUT2D eigenvalue weighted by atomic mass is 32.2. The van der Waals surface area contributed by atoms with Crippen molar-refractivity contribution in [2.24, 2.45) is 0 Å². The number of rotatable bonds is 2. The maximum atomic E-state index is 10.9. The molecule has 11 heavy (non-hydrogen) atoms. The second-order valence-corrected chi connectivity index (χ2v) is 3.41. The Bertz CT molecular complexity index is 192. The van der Waals surface area contributed by atoms with Crippen LogP contribution in [0, 0.1) is 0 Å². The van der Waals surface area contributed by atoms with Crippen LogP contribution in [0.25, 0.3) is 0 Å². The molecule has 0 amide bonds. The lowest BCUT2D eigenvalue weighted by molar-refractivity contribution is -0.134. The zero-order chi connectivity index (χ0) is 8.43. The predicted octanol–water partition coefficient (Wildman–Crippen LogP) is -0.875. The van der Waals surface area contributed by atoms with E-state index in [1.165, 1.54) is 18.7 Å². The lowest BCUT2D eigenvalue weighted by atomic mass is 10.3. The zero-order valence-corrected chi connectivity index (χ0v) is 6.85. The molecule has 1 aliphatic rings. The molecule has 1 aliphatic heterocycles. The molecule has 0 spiro atoms. The van der Waals surface area contributed by atoms with Gasteiger partial charge in [0.1, 0.15) is 11.6 Å². The number of aliphatic hydroxyl groups excluding tert-OH is 1. The number of carbonyl (C=O) groups excluding carboxylic acids is 2. The third-order valence-electron chi connectivity index (χ3n) is 1.29. The Balaban J connectivity index is 2.49. The van der Waals surface area contributed by atoms with Crippen LogP contribution in [0.5, 0.6) is 0 Å². The summed E-state index contributed by atoms with van der Waals surface area (Å²) in [6.45, 7) is 1.51. The molecule has 2 unspecified atom stereocenters. The minimum absolute atomic E-state index is 0.225. The molecular formula is C6H9NO3S. The molecule has 2 atom stereocenters. The van der Waals surface area contributed by atoms with Crippen LogP contribution in [0.4, 0.5) is 0 Å². The standard InChI is InChI=1S/C6H9NO3S/c1-3(8)7-6-5(10)4(9)2-11-6/h3,6-8H,2H2,1H3. The summed E-state index contributed by atoms with van der Waals surface area (Å²) < 4.78 is 0. The maximum absolute atomic E-state index is 10.9. The molecule has 4 nitrogen and oxygen atoms in total. The third kappa shape index (κ3) is 2.02. The largest absolute Gasteiger partial charge is 0.379 e. The summed E-state index contributed by atoms with van der Waals surface area (Å²) in [5, 5.41) is 10.9. The molecule has 1 saturated heterocycles. The number of ketones is 2. The molecule has 1 fully saturated rings. The Morgan fingerprint density at radius 1 is 1.73 bits per heavy atom. The molecular weight excluding hydrogens is 166 g/mol. The normalized spacial score (nSPS) is 27.6. The van der Waals surface area contributed by atoms with E-state index in [4.69, 9.17) is 5.11 Å². The lowest BCUT2D eigenvalue weighted by Crippen LogP contribution is -2.38. The van der Waals surface area contributed by atoms with E-state index < -0.39 is 17.4 Å². The van der Waals surface area contributed by atoms with Crippen molar-refractivity contribution in [3.8, 4) is 0 Å². The number of hydrogen-bond donors (Lipinski definition) is 2. The summed E-state index contributed by atoms with van der Waals surface area (Å²) in [7, 11) is 0. The second-order valence-electron chi connectivity index (χ2n) is 2.32. The Kier molecular flexibility index (Phi) is 2.64. The van der Waals surface area contributed by atoms with Crippen molar-refractivity contribution in [1.82, 2.24) is 5.32 Å². The number of nitrogens with one attached hydrogen (secondary N) is 1. The van der Waals surface area contributed by atoms with E-state index in [0.717, 1.165) is 0 Å². The van der Waals surface area contributed by atoms with Gasteiger partial charge < -0.3 is 5.11 Å². The maximum Gasteiger partial charge on any atom is 0.226 e. The minimum atomic E-state index is -0.748. The minimum Gasteiger partial charge on any atom is -0.379 e. The summed E-state index contributed by atoms with van der Waals surface area (Å²) >= 11 is 1.22. The highest BCUT2D eigenvalue weighted by Gasteiger charge is 2.33. The monoisotopic (exact) mass is 175 g/mol. The number of thioether (sulfide) groups is 1. The summed E-state index contributed by atoms with van der Waals surface area (Å²) in [5.41, 5.74) is 0. The van der Waals surface area contributed by atoms with E-state index in [1.54, 1.807) is 0 Å². The van der Waals surface area contributed by atoms with E-state index in [0.29, 0.717) is 0 Å². The van der Waals surface area contributed by atoms with Gasteiger partial charge in [-0.05, 0) is 6.92 Å². The van der Waals surface area contributed by atoms with E-state index in [1.807, 2.05) is 0 Å². The number of aliphatic hydroxyl groups is 1. The van der Waals surface area contributed by atoms with Gasteiger partial charge in [0, 0.05) is 0 Å². The zero-order valence-electron chi connectivity index (χ0n) is 6.03. The van der Waals surface area contributed by atoms with Gasteiger partial charge in [-0.25, -0.2) is 0 Å². The Morgan fingerprint density at radius 2 is 2.36 bits per heavy atom. The van der Waals surface area contributed by atoms with Crippen molar-refractivity contribution in [2.45, 2.75) is 18.5 Å². The van der Waals surface area contributed by atoms with Crippen molar-refractivity contribution in [3.63, 3.8) is 0 Å². The SMILES string of the molecule is CC(O)NC1SCC(=O)C1=O. The van der Waals surface area contributed by atoms with E-state index in [2.05, 4.69) is 5.32 Å². The summed E-state index contributed by atoms with van der Waals surface area (Å²) in [6.07, 6.45) is -0.748. The van der Waals surface area contributed by atoms with E-state index in [9.17, 15) is 9.59 Å². The van der Waals surface area contributed by atoms with Crippen LogP contribution in [0.3, 0.4) is 0 Å². The fourth-order valence-electron chi connectivity index (χ4n) is 0.795. The molecule has 0 aliphatic carbocycles. The van der Waals surface area contributed by atoms with Gasteiger partial charge in [-0.15, -0.1) is 11.8 Å². The molecule has 1 rings (SSSR count). The highest BCUT2D eigenvalue weighted by Crippen LogP contribution is 2.18. The topological polar surface area (TPSA) is 66.4 Å². The summed E-state index contributed by atoms with van der Waals surface area (Å²) in [4.78, 5) is 21.6. The first-order valence-corrected chi connectivity index (χ1v) is 4.29. The van der Waals surface area contributed by atoms with Crippen molar-refractivity contribution < 1.29 is 14.7 Å². The van der Waals surface area contributed by atoms with Gasteiger partial charge in [0.25, 0.3) is 0 Å². The molecule has 0 aromatic carbocycles. The molecule has 0 saturated carbocycles. The van der Waals surface area contributed by atoms with E-state index in [-0.39, 0.29) is 11.5 Å². The first-order valence-electron chi connectivity index (χ1n) is 3.24. The molecule has 0 radical (unpaired) electrons. The van der Waals surface area contributed by atoms with Crippen LogP contribution in [0.1, 0.15) is 6.92 Å². The molecule has 0 bridgehead atoms. The molecule has 62 valence electrons. The third-order valence-corrected chi connectivity index (χ3v) is 2.40. The van der Waals surface area contributed by atoms with Gasteiger partial charge in [0.05, 0.1) is 5.75 Å². The second kappa shape index (κ2) is 3.34. The quantitative estimate of drug-likeness (QED) is 0.421. The average molecular weight is 175 g/mol. The summed E-state index contributed by atoms with van der Waals surface area (Å²) in [5.74, 6) is -0.576.